The number of aromatic nitrogens is 3. The normalized spacial score (nSPS) is 13.2. The molecule has 1 atom stereocenters. The Hall–Kier alpha value is -5.90. The Bertz CT molecular complexity index is 3250. The summed E-state index contributed by atoms with van der Waals surface area (Å²) >= 11 is 0. The van der Waals surface area contributed by atoms with Gasteiger partial charge in [-0.05, 0) is 72.1 Å². The molecule has 0 aliphatic carbocycles. The molecule has 0 amide bonds. The van der Waals surface area contributed by atoms with Crippen LogP contribution in [0.25, 0.3) is 98.3 Å². The topological polar surface area (TPSA) is 40.0 Å². The standard InChI is InChI=1S/C40H22N3O2P/c1-2-11-24(12-3-1)41-28-18-20-33-36-38(28)46-39-29(42(36)26-14-6-8-16-31(26)44-33)19-21-34-37(39)43(27-15-7-9-17-32(27)45-34)30-22-23-10-4-5-13-25(23)35(41)40(30)46/h1-22H. The van der Waals surface area contributed by atoms with E-state index in [0.29, 0.717) is 0 Å². The summed E-state index contributed by atoms with van der Waals surface area (Å²) in [6.07, 6.45) is 0. The molecule has 0 N–H and O–H groups in total. The van der Waals surface area contributed by atoms with Crippen molar-refractivity contribution in [2.24, 2.45) is 0 Å². The van der Waals surface area contributed by atoms with Gasteiger partial charge in [0.05, 0.1) is 43.3 Å². The van der Waals surface area contributed by atoms with E-state index in [9.17, 15) is 0 Å². The predicted molar refractivity (Wildman–Crippen MR) is 190 cm³/mol. The highest BCUT2D eigenvalue weighted by molar-refractivity contribution is 7.63. The number of benzene rings is 7. The minimum Gasteiger partial charge on any atom is -0.453 e. The van der Waals surface area contributed by atoms with Crippen LogP contribution in [0.1, 0.15) is 0 Å². The van der Waals surface area contributed by atoms with Crippen LogP contribution in [0.5, 0.6) is 0 Å². The van der Waals surface area contributed by atoms with Crippen LogP contribution >= 0.6 is 7.34 Å². The third kappa shape index (κ3) is 2.63. The lowest BCUT2D eigenvalue weighted by Gasteiger charge is -2.27. The highest BCUT2D eigenvalue weighted by Crippen LogP contribution is 2.58. The molecule has 6 heteroatoms. The molecule has 214 valence electrons. The van der Waals surface area contributed by atoms with Crippen LogP contribution in [0.4, 0.5) is 0 Å². The molecule has 0 radical (unpaired) electrons. The summed E-state index contributed by atoms with van der Waals surface area (Å²) in [6, 6.07) is 47.8. The van der Waals surface area contributed by atoms with E-state index in [1.165, 1.54) is 48.2 Å². The molecule has 0 saturated carbocycles. The van der Waals surface area contributed by atoms with Gasteiger partial charge in [-0.1, -0.05) is 74.1 Å². The zero-order valence-electron chi connectivity index (χ0n) is 24.3. The minimum absolute atomic E-state index is 0.864. The molecule has 0 fully saturated rings. The fourth-order valence-corrected chi connectivity index (χ4v) is 11.3. The van der Waals surface area contributed by atoms with E-state index in [1.54, 1.807) is 0 Å². The Morgan fingerprint density at radius 3 is 1.72 bits per heavy atom. The average Bonchev–Trinajstić information content (AvgIpc) is 3.12. The largest absolute Gasteiger partial charge is 0.453 e. The summed E-state index contributed by atoms with van der Waals surface area (Å²) < 4.78 is 20.8. The van der Waals surface area contributed by atoms with Gasteiger partial charge in [0, 0.05) is 16.2 Å². The first-order valence-electron chi connectivity index (χ1n) is 15.5. The summed E-state index contributed by atoms with van der Waals surface area (Å²) in [4.78, 5) is 0. The third-order valence-corrected chi connectivity index (χ3v) is 12.6. The Balaban J connectivity index is 1.57. The van der Waals surface area contributed by atoms with Crippen molar-refractivity contribution in [1.82, 2.24) is 13.4 Å². The maximum Gasteiger partial charge on any atom is 0.152 e. The summed E-state index contributed by atoms with van der Waals surface area (Å²) in [5.41, 5.74) is 14.0. The molecule has 0 aliphatic rings. The van der Waals surface area contributed by atoms with Crippen molar-refractivity contribution in [2.45, 2.75) is 0 Å². The second-order valence-electron chi connectivity index (χ2n) is 12.2. The van der Waals surface area contributed by atoms with E-state index < -0.39 is 7.34 Å². The van der Waals surface area contributed by atoms with Crippen LogP contribution in [-0.2, 0) is 0 Å². The number of rotatable bonds is 1. The van der Waals surface area contributed by atoms with Crippen LogP contribution in [0.3, 0.4) is 0 Å². The molecule has 0 bridgehead atoms. The van der Waals surface area contributed by atoms with Crippen molar-refractivity contribution in [3.05, 3.63) is 133 Å². The van der Waals surface area contributed by atoms with E-state index in [2.05, 4.69) is 141 Å². The first-order chi connectivity index (χ1) is 22.8. The fourth-order valence-electron chi connectivity index (χ4n) is 8.16. The second-order valence-corrected chi connectivity index (χ2v) is 14.2. The van der Waals surface area contributed by atoms with Gasteiger partial charge in [-0.3, -0.25) is 0 Å². The van der Waals surface area contributed by atoms with E-state index in [-0.39, 0.29) is 0 Å². The molecule has 5 heterocycles. The molecule has 0 spiro atoms. The van der Waals surface area contributed by atoms with Crippen molar-refractivity contribution in [3.63, 3.8) is 0 Å². The van der Waals surface area contributed by atoms with Crippen LogP contribution in [0.2, 0.25) is 0 Å². The van der Waals surface area contributed by atoms with Crippen LogP contribution in [0, 0.1) is 0 Å². The highest BCUT2D eigenvalue weighted by atomic mass is 31.1. The van der Waals surface area contributed by atoms with Gasteiger partial charge < -0.3 is 22.2 Å². The Labute approximate surface area is 260 Å². The molecule has 5 aromatic heterocycles. The Morgan fingerprint density at radius 2 is 0.978 bits per heavy atom. The molecule has 12 aromatic rings. The smallest absolute Gasteiger partial charge is 0.152 e. The van der Waals surface area contributed by atoms with E-state index in [0.717, 1.165) is 50.1 Å². The molecule has 5 nitrogen and oxygen atoms in total. The zero-order valence-corrected chi connectivity index (χ0v) is 25.2. The summed E-state index contributed by atoms with van der Waals surface area (Å²) in [6.45, 7) is 0. The highest BCUT2D eigenvalue weighted by Gasteiger charge is 2.28. The first-order valence-corrected chi connectivity index (χ1v) is 16.9. The zero-order chi connectivity index (χ0) is 29.7. The number of hydrogen-bond acceptors (Lipinski definition) is 2. The van der Waals surface area contributed by atoms with Crippen molar-refractivity contribution in [3.8, 4) is 5.69 Å². The molecule has 46 heavy (non-hydrogen) atoms. The second kappa shape index (κ2) is 8.02. The third-order valence-electron chi connectivity index (χ3n) is 9.89. The van der Waals surface area contributed by atoms with Gasteiger partial charge in [0.2, 0.25) is 0 Å². The molecular weight excluding hydrogens is 585 g/mol. The van der Waals surface area contributed by atoms with Crippen LogP contribution in [-0.4, -0.2) is 13.4 Å². The van der Waals surface area contributed by atoms with E-state index in [4.69, 9.17) is 8.83 Å². The minimum atomic E-state index is -0.987. The van der Waals surface area contributed by atoms with Gasteiger partial charge >= 0.3 is 0 Å². The quantitative estimate of drug-likeness (QED) is 0.138. The average molecular weight is 608 g/mol. The molecule has 0 saturated heterocycles. The van der Waals surface area contributed by atoms with Crippen molar-refractivity contribution in [1.29, 1.82) is 0 Å². The van der Waals surface area contributed by atoms with Crippen molar-refractivity contribution < 1.29 is 8.83 Å². The van der Waals surface area contributed by atoms with Gasteiger partial charge in [0.1, 0.15) is 11.0 Å². The lowest BCUT2D eigenvalue weighted by Crippen LogP contribution is -2.06. The van der Waals surface area contributed by atoms with Crippen LogP contribution in [0.15, 0.2) is 142 Å². The molecule has 0 aliphatic heterocycles. The van der Waals surface area contributed by atoms with Gasteiger partial charge in [0.25, 0.3) is 0 Å². The summed E-state index contributed by atoms with van der Waals surface area (Å²) in [5.74, 6) is 0. The van der Waals surface area contributed by atoms with Gasteiger partial charge in [-0.25, -0.2) is 0 Å². The molecule has 12 rings (SSSR count). The number of nitrogens with zero attached hydrogens (tertiary/aromatic N) is 3. The van der Waals surface area contributed by atoms with Crippen molar-refractivity contribution in [2.75, 3.05) is 0 Å². The van der Waals surface area contributed by atoms with Crippen molar-refractivity contribution >= 4 is 99.9 Å². The SMILES string of the molecule is c1ccc(-n2c3ccc4oc5ccccc5n5c6ccc7oc8ccccc8n8c9cc%10ccccc%10c2c9p(c3c45)c6c78)cc1. The maximum absolute atomic E-state index is 6.71. The first kappa shape index (κ1) is 23.5. The summed E-state index contributed by atoms with van der Waals surface area (Å²) in [7, 11) is -0.987. The maximum atomic E-state index is 6.71. The Morgan fingerprint density at radius 1 is 0.413 bits per heavy atom. The monoisotopic (exact) mass is 607 g/mol. The lowest BCUT2D eigenvalue weighted by atomic mass is 10.1. The number of fused-ring (bicyclic) bond motifs is 8. The van der Waals surface area contributed by atoms with Crippen LogP contribution < -0.4 is 0 Å². The van der Waals surface area contributed by atoms with Gasteiger partial charge in [-0.2, -0.15) is 0 Å². The molecule has 1 unspecified atom stereocenters. The Kier molecular flexibility index (Phi) is 4.10. The molecular formula is C40H22N3O2P. The predicted octanol–water partition coefficient (Wildman–Crippen LogP) is 11.7. The van der Waals surface area contributed by atoms with Gasteiger partial charge in [0.15, 0.2) is 22.3 Å². The number of para-hydroxylation sites is 5. The van der Waals surface area contributed by atoms with Gasteiger partial charge in [-0.15, -0.1) is 0 Å². The fraction of sp³-hybridized carbons (Fsp3) is 0. The molecule has 7 aromatic carbocycles. The number of hydrogen-bond donors (Lipinski definition) is 0. The lowest BCUT2D eigenvalue weighted by molar-refractivity contribution is 0.655. The summed E-state index contributed by atoms with van der Waals surface area (Å²) in [5, 5.41) is 6.51. The van der Waals surface area contributed by atoms with E-state index >= 15 is 0 Å². The van der Waals surface area contributed by atoms with E-state index in [1.807, 2.05) is 6.07 Å².